The smallest absolute Gasteiger partial charge is 0.251 e. The van der Waals surface area contributed by atoms with Gasteiger partial charge in [0.1, 0.15) is 6.61 Å². The van der Waals surface area contributed by atoms with E-state index in [0.717, 1.165) is 24.0 Å². The molecule has 0 fully saturated rings. The summed E-state index contributed by atoms with van der Waals surface area (Å²) in [6, 6.07) is 9.89. The SMILES string of the molecule is Cc1cc2c(cc1C=C(c1ccc(COO)cc1)C(F)(F)F)C(C)(C)CCC2(C)C. The molecule has 0 heterocycles. The summed E-state index contributed by atoms with van der Waals surface area (Å²) in [7, 11) is 0. The molecule has 1 aliphatic rings. The Labute approximate surface area is 176 Å². The maximum Gasteiger partial charge on any atom is 0.417 e. The third-order valence-electron chi connectivity index (χ3n) is 6.34. The average molecular weight is 418 g/mol. The maximum absolute atomic E-state index is 14.0. The average Bonchev–Trinajstić information content (AvgIpc) is 2.64. The second-order valence-corrected chi connectivity index (χ2v) is 9.55. The molecule has 0 atom stereocenters. The van der Waals surface area contributed by atoms with Crippen molar-refractivity contribution in [3.63, 3.8) is 0 Å². The number of alkyl halides is 3. The first-order chi connectivity index (χ1) is 13.8. The van der Waals surface area contributed by atoms with E-state index in [0.29, 0.717) is 11.1 Å². The van der Waals surface area contributed by atoms with E-state index < -0.39 is 11.7 Å². The highest BCUT2D eigenvalue weighted by molar-refractivity contribution is 5.85. The first kappa shape index (κ1) is 22.6. The minimum atomic E-state index is -4.49. The third-order valence-corrected chi connectivity index (χ3v) is 6.34. The summed E-state index contributed by atoms with van der Waals surface area (Å²) < 4.78 is 41.9. The Bertz CT molecular complexity index is 952. The van der Waals surface area contributed by atoms with Crippen molar-refractivity contribution in [1.82, 2.24) is 0 Å². The molecule has 5 heteroatoms. The quantitative estimate of drug-likeness (QED) is 0.318. The van der Waals surface area contributed by atoms with Gasteiger partial charge in [-0.15, -0.1) is 0 Å². The van der Waals surface area contributed by atoms with Crippen LogP contribution in [0.4, 0.5) is 13.2 Å². The minimum Gasteiger partial charge on any atom is -0.251 e. The zero-order chi connectivity index (χ0) is 22.3. The highest BCUT2D eigenvalue weighted by Gasteiger charge is 2.38. The van der Waals surface area contributed by atoms with Crippen LogP contribution < -0.4 is 0 Å². The van der Waals surface area contributed by atoms with Crippen molar-refractivity contribution in [2.75, 3.05) is 0 Å². The van der Waals surface area contributed by atoms with E-state index in [1.165, 1.54) is 35.9 Å². The number of rotatable bonds is 4. The van der Waals surface area contributed by atoms with E-state index in [4.69, 9.17) is 5.26 Å². The fraction of sp³-hybridized carbons (Fsp3) is 0.440. The molecule has 1 aliphatic carbocycles. The number of benzene rings is 2. The number of fused-ring (bicyclic) bond motifs is 1. The number of aryl methyl sites for hydroxylation is 1. The molecule has 0 bridgehead atoms. The number of hydrogen-bond donors (Lipinski definition) is 1. The summed E-state index contributed by atoms with van der Waals surface area (Å²) in [4.78, 5) is 4.06. The molecule has 0 unspecified atom stereocenters. The molecule has 2 nitrogen and oxygen atoms in total. The van der Waals surface area contributed by atoms with Crippen LogP contribution in [0.2, 0.25) is 0 Å². The predicted octanol–water partition coefficient (Wildman–Crippen LogP) is 7.44. The van der Waals surface area contributed by atoms with Gasteiger partial charge in [0.2, 0.25) is 0 Å². The van der Waals surface area contributed by atoms with Crippen LogP contribution in [-0.2, 0) is 22.3 Å². The largest absolute Gasteiger partial charge is 0.417 e. The standard InChI is InChI=1S/C25H29F3O2/c1-16-12-21-22(24(4,5)11-10-23(21,2)3)14-19(16)13-20(25(26,27)28)18-8-6-17(7-9-18)15-30-29/h6-9,12-14,29H,10-11,15H2,1-5H3. The van der Waals surface area contributed by atoms with Crippen LogP contribution in [0.15, 0.2) is 36.4 Å². The molecule has 2 aromatic carbocycles. The lowest BCUT2D eigenvalue weighted by Crippen LogP contribution is -2.34. The van der Waals surface area contributed by atoms with E-state index in [9.17, 15) is 13.2 Å². The summed E-state index contributed by atoms with van der Waals surface area (Å²) in [5.74, 6) is 0. The van der Waals surface area contributed by atoms with Crippen LogP contribution in [0.1, 0.15) is 73.9 Å². The Morgan fingerprint density at radius 3 is 2.03 bits per heavy atom. The number of halogens is 3. The molecular formula is C25H29F3O2. The van der Waals surface area contributed by atoms with Crippen LogP contribution in [0.25, 0.3) is 11.6 Å². The Balaban J connectivity index is 2.14. The monoisotopic (exact) mass is 418 g/mol. The zero-order valence-electron chi connectivity index (χ0n) is 18.2. The van der Waals surface area contributed by atoms with Gasteiger partial charge in [0.05, 0.1) is 5.57 Å². The lowest BCUT2D eigenvalue weighted by atomic mass is 9.62. The molecular weight excluding hydrogens is 389 g/mol. The van der Waals surface area contributed by atoms with Gasteiger partial charge in [-0.2, -0.15) is 13.2 Å². The molecule has 1 N–H and O–H groups in total. The molecule has 0 saturated carbocycles. The molecule has 0 aliphatic heterocycles. The molecule has 0 amide bonds. The highest BCUT2D eigenvalue weighted by Crippen LogP contribution is 2.47. The van der Waals surface area contributed by atoms with Gasteiger partial charge >= 0.3 is 6.18 Å². The van der Waals surface area contributed by atoms with E-state index in [2.05, 4.69) is 38.6 Å². The first-order valence-electron chi connectivity index (χ1n) is 10.2. The van der Waals surface area contributed by atoms with Crippen molar-refractivity contribution in [3.05, 3.63) is 69.8 Å². The van der Waals surface area contributed by atoms with Crippen LogP contribution in [0.5, 0.6) is 0 Å². The minimum absolute atomic E-state index is 0.00925. The van der Waals surface area contributed by atoms with Crippen LogP contribution in [0, 0.1) is 6.92 Å². The fourth-order valence-electron chi connectivity index (χ4n) is 4.23. The summed E-state index contributed by atoms with van der Waals surface area (Å²) in [6.07, 6.45) is -1.18. The van der Waals surface area contributed by atoms with Gasteiger partial charge in [-0.3, -0.25) is 5.26 Å². The Morgan fingerprint density at radius 2 is 1.53 bits per heavy atom. The van der Waals surface area contributed by atoms with Crippen molar-refractivity contribution in [3.8, 4) is 0 Å². The maximum atomic E-state index is 14.0. The van der Waals surface area contributed by atoms with Gasteiger partial charge in [-0.25, -0.2) is 4.89 Å². The molecule has 0 spiro atoms. The topological polar surface area (TPSA) is 29.5 Å². The van der Waals surface area contributed by atoms with Crippen molar-refractivity contribution in [1.29, 1.82) is 0 Å². The third kappa shape index (κ3) is 4.47. The van der Waals surface area contributed by atoms with Gasteiger partial charge < -0.3 is 0 Å². The molecule has 0 aromatic heterocycles. The summed E-state index contributed by atoms with van der Waals surface area (Å²) in [5.41, 5.74) is 3.72. The molecule has 30 heavy (non-hydrogen) atoms. The van der Waals surface area contributed by atoms with Crippen molar-refractivity contribution >= 4 is 11.6 Å². The normalized spacial score (nSPS) is 18.2. The van der Waals surface area contributed by atoms with Gasteiger partial charge in [-0.05, 0) is 70.1 Å². The molecule has 0 saturated heterocycles. The van der Waals surface area contributed by atoms with Crippen molar-refractivity contribution < 1.29 is 23.3 Å². The number of allylic oxidation sites excluding steroid dienone is 1. The zero-order valence-corrected chi connectivity index (χ0v) is 18.2. The first-order valence-corrected chi connectivity index (χ1v) is 10.2. The molecule has 2 aromatic rings. The summed E-state index contributed by atoms with van der Waals surface area (Å²) in [6.45, 7) is 10.5. The van der Waals surface area contributed by atoms with Crippen LogP contribution in [-0.4, -0.2) is 11.4 Å². The van der Waals surface area contributed by atoms with Crippen LogP contribution in [0.3, 0.4) is 0 Å². The van der Waals surface area contributed by atoms with Crippen LogP contribution >= 0.6 is 0 Å². The van der Waals surface area contributed by atoms with E-state index >= 15 is 0 Å². The lowest BCUT2D eigenvalue weighted by Gasteiger charge is -2.42. The molecule has 3 rings (SSSR count). The fourth-order valence-corrected chi connectivity index (χ4v) is 4.23. The Kier molecular flexibility index (Phi) is 5.91. The second-order valence-electron chi connectivity index (χ2n) is 9.55. The predicted molar refractivity (Wildman–Crippen MR) is 114 cm³/mol. The van der Waals surface area contributed by atoms with E-state index in [-0.39, 0.29) is 23.0 Å². The van der Waals surface area contributed by atoms with Gasteiger partial charge in [0.15, 0.2) is 0 Å². The van der Waals surface area contributed by atoms with Crippen molar-refractivity contribution in [2.45, 2.75) is 71.1 Å². The lowest BCUT2D eigenvalue weighted by molar-refractivity contribution is -0.253. The molecule has 0 radical (unpaired) electrons. The summed E-state index contributed by atoms with van der Waals surface area (Å²) in [5, 5.41) is 8.54. The molecule has 162 valence electrons. The Hall–Kier alpha value is -2.11. The van der Waals surface area contributed by atoms with E-state index in [1.54, 1.807) is 0 Å². The second kappa shape index (κ2) is 7.86. The van der Waals surface area contributed by atoms with Gasteiger partial charge in [0, 0.05) is 0 Å². The van der Waals surface area contributed by atoms with Gasteiger partial charge in [-0.1, -0.05) is 64.1 Å². The Morgan fingerprint density at radius 1 is 1.00 bits per heavy atom. The van der Waals surface area contributed by atoms with Gasteiger partial charge in [0.25, 0.3) is 0 Å². The highest BCUT2D eigenvalue weighted by atomic mass is 19.4. The van der Waals surface area contributed by atoms with Crippen molar-refractivity contribution in [2.24, 2.45) is 0 Å². The van der Waals surface area contributed by atoms with E-state index in [1.807, 2.05) is 13.0 Å². The number of hydrogen-bond acceptors (Lipinski definition) is 2. The summed E-state index contributed by atoms with van der Waals surface area (Å²) >= 11 is 0.